The first kappa shape index (κ1) is 14.9. The molecule has 100 valence electrons. The number of nitrogens with one attached hydrogen (secondary N) is 1. The summed E-state index contributed by atoms with van der Waals surface area (Å²) in [4.78, 5) is 0. The van der Waals surface area contributed by atoms with Crippen LogP contribution in [0.3, 0.4) is 0 Å². The molecular weight excluding hydrogens is 248 g/mol. The van der Waals surface area contributed by atoms with Crippen LogP contribution < -0.4 is 10.5 Å². The lowest BCUT2D eigenvalue weighted by Gasteiger charge is -2.15. The molecule has 1 aromatic rings. The smallest absolute Gasteiger partial charge is 0.233 e. The maximum atomic E-state index is 11.7. The highest BCUT2D eigenvalue weighted by molar-refractivity contribution is 7.92. The second kappa shape index (κ2) is 6.68. The molecule has 0 aliphatic rings. The summed E-state index contributed by atoms with van der Waals surface area (Å²) in [7, 11) is -3.42. The van der Waals surface area contributed by atoms with Crippen LogP contribution in [-0.4, -0.2) is 21.0 Å². The number of hydrogen-bond acceptors (Lipinski definition) is 3. The van der Waals surface area contributed by atoms with E-state index in [1.165, 1.54) is 0 Å². The van der Waals surface area contributed by atoms with Crippen molar-refractivity contribution in [2.75, 3.05) is 6.54 Å². The van der Waals surface area contributed by atoms with Crippen molar-refractivity contribution in [1.29, 1.82) is 0 Å². The summed E-state index contributed by atoms with van der Waals surface area (Å²) in [6.07, 6.45) is 1.56. The van der Waals surface area contributed by atoms with Gasteiger partial charge in [0, 0.05) is 18.0 Å². The molecule has 1 aromatic carbocycles. The van der Waals surface area contributed by atoms with E-state index < -0.39 is 10.0 Å². The summed E-state index contributed by atoms with van der Waals surface area (Å²) in [5.41, 5.74) is 6.62. The van der Waals surface area contributed by atoms with Crippen LogP contribution in [0.5, 0.6) is 0 Å². The fourth-order valence-corrected chi connectivity index (χ4v) is 2.09. The fraction of sp³-hybridized carbons (Fsp3) is 0.385. The zero-order valence-electron chi connectivity index (χ0n) is 10.7. The van der Waals surface area contributed by atoms with Crippen molar-refractivity contribution < 1.29 is 8.42 Å². The molecule has 0 bridgehead atoms. The number of nitrogens with two attached hydrogens (primary N) is 1. The number of rotatable bonds is 6. The minimum Gasteiger partial charge on any atom is -0.326 e. The van der Waals surface area contributed by atoms with Crippen molar-refractivity contribution in [2.24, 2.45) is 11.7 Å². The SMILES string of the molecule is CC(C)C(N)CNS(=O)(=O)C=Cc1ccccc1. The Bertz CT molecular complexity index is 481. The standard InChI is InChI=1S/C13H20N2O2S/c1-11(2)13(14)10-15-18(16,17)9-8-12-6-4-3-5-7-12/h3-9,11,13,15H,10,14H2,1-2H3. The minimum atomic E-state index is -3.42. The summed E-state index contributed by atoms with van der Waals surface area (Å²) < 4.78 is 25.8. The van der Waals surface area contributed by atoms with Gasteiger partial charge in [0.2, 0.25) is 10.0 Å². The van der Waals surface area contributed by atoms with Crippen LogP contribution in [-0.2, 0) is 10.0 Å². The van der Waals surface area contributed by atoms with Gasteiger partial charge in [-0.3, -0.25) is 0 Å². The highest BCUT2D eigenvalue weighted by Crippen LogP contribution is 2.03. The van der Waals surface area contributed by atoms with E-state index in [9.17, 15) is 8.42 Å². The lowest BCUT2D eigenvalue weighted by molar-refractivity contribution is 0.483. The van der Waals surface area contributed by atoms with Crippen molar-refractivity contribution in [3.05, 3.63) is 41.3 Å². The quantitative estimate of drug-likeness (QED) is 0.822. The first-order valence-electron chi connectivity index (χ1n) is 5.89. The molecule has 0 aromatic heterocycles. The first-order valence-corrected chi connectivity index (χ1v) is 7.44. The molecule has 0 fully saturated rings. The zero-order valence-corrected chi connectivity index (χ0v) is 11.5. The molecule has 0 heterocycles. The third-order valence-electron chi connectivity index (χ3n) is 2.62. The number of sulfonamides is 1. The number of hydrogen-bond donors (Lipinski definition) is 2. The molecule has 4 nitrogen and oxygen atoms in total. The predicted molar refractivity (Wildman–Crippen MR) is 75.2 cm³/mol. The van der Waals surface area contributed by atoms with Crippen molar-refractivity contribution in [3.8, 4) is 0 Å². The molecule has 0 aliphatic carbocycles. The van der Waals surface area contributed by atoms with Crippen molar-refractivity contribution in [1.82, 2.24) is 4.72 Å². The molecule has 0 saturated carbocycles. The van der Waals surface area contributed by atoms with Gasteiger partial charge in [0.25, 0.3) is 0 Å². The highest BCUT2D eigenvalue weighted by atomic mass is 32.2. The Morgan fingerprint density at radius 1 is 1.28 bits per heavy atom. The molecule has 0 radical (unpaired) electrons. The molecule has 1 unspecified atom stereocenters. The normalized spacial score (nSPS) is 14.2. The maximum absolute atomic E-state index is 11.7. The van der Waals surface area contributed by atoms with Crippen molar-refractivity contribution >= 4 is 16.1 Å². The van der Waals surface area contributed by atoms with E-state index in [4.69, 9.17) is 5.73 Å². The van der Waals surface area contributed by atoms with E-state index in [1.54, 1.807) is 6.08 Å². The van der Waals surface area contributed by atoms with Gasteiger partial charge < -0.3 is 5.73 Å². The van der Waals surface area contributed by atoms with Crippen LogP contribution in [0, 0.1) is 5.92 Å². The molecule has 0 spiro atoms. The third kappa shape index (κ3) is 5.44. The van der Waals surface area contributed by atoms with E-state index in [-0.39, 0.29) is 18.5 Å². The second-order valence-electron chi connectivity index (χ2n) is 4.51. The van der Waals surface area contributed by atoms with Gasteiger partial charge in [0.15, 0.2) is 0 Å². The molecule has 1 atom stereocenters. The van der Waals surface area contributed by atoms with Crippen LogP contribution >= 0.6 is 0 Å². The van der Waals surface area contributed by atoms with Gasteiger partial charge >= 0.3 is 0 Å². The van der Waals surface area contributed by atoms with Crippen LogP contribution in [0.15, 0.2) is 35.7 Å². The third-order valence-corrected chi connectivity index (χ3v) is 3.68. The molecule has 0 saturated heterocycles. The zero-order chi connectivity index (χ0) is 13.6. The Labute approximate surface area is 109 Å². The highest BCUT2D eigenvalue weighted by Gasteiger charge is 2.11. The Morgan fingerprint density at radius 3 is 2.44 bits per heavy atom. The Balaban J connectivity index is 2.58. The monoisotopic (exact) mass is 268 g/mol. The van der Waals surface area contributed by atoms with E-state index in [2.05, 4.69) is 4.72 Å². The molecule has 18 heavy (non-hydrogen) atoms. The van der Waals surface area contributed by atoms with Crippen LogP contribution in [0.2, 0.25) is 0 Å². The topological polar surface area (TPSA) is 72.2 Å². The first-order chi connectivity index (χ1) is 8.41. The van der Waals surface area contributed by atoms with Gasteiger partial charge in [0.05, 0.1) is 0 Å². The van der Waals surface area contributed by atoms with Crippen LogP contribution in [0.25, 0.3) is 6.08 Å². The maximum Gasteiger partial charge on any atom is 0.233 e. The minimum absolute atomic E-state index is 0.176. The summed E-state index contributed by atoms with van der Waals surface area (Å²) in [6, 6.07) is 9.09. The summed E-state index contributed by atoms with van der Waals surface area (Å²) >= 11 is 0. The molecule has 5 heteroatoms. The molecule has 3 N–H and O–H groups in total. The summed E-state index contributed by atoms with van der Waals surface area (Å²) in [6.45, 7) is 4.16. The van der Waals surface area contributed by atoms with Crippen molar-refractivity contribution in [3.63, 3.8) is 0 Å². The van der Waals surface area contributed by atoms with Gasteiger partial charge in [-0.1, -0.05) is 44.2 Å². The predicted octanol–water partition coefficient (Wildman–Crippen LogP) is 1.56. The van der Waals surface area contributed by atoms with Gasteiger partial charge in [-0.05, 0) is 17.6 Å². The van der Waals surface area contributed by atoms with Crippen molar-refractivity contribution in [2.45, 2.75) is 19.9 Å². The molecule has 1 rings (SSSR count). The second-order valence-corrected chi connectivity index (χ2v) is 6.17. The van der Waals surface area contributed by atoms with Gasteiger partial charge in [-0.2, -0.15) is 0 Å². The molecule has 0 aliphatic heterocycles. The number of benzene rings is 1. The van der Waals surface area contributed by atoms with Gasteiger partial charge in [-0.25, -0.2) is 13.1 Å². The summed E-state index contributed by atoms with van der Waals surface area (Å²) in [5.74, 6) is 0.241. The van der Waals surface area contributed by atoms with Crippen LogP contribution in [0.4, 0.5) is 0 Å². The fourth-order valence-electron chi connectivity index (χ4n) is 1.23. The van der Waals surface area contributed by atoms with Gasteiger partial charge in [0.1, 0.15) is 0 Å². The molecular formula is C13H20N2O2S. The Morgan fingerprint density at radius 2 is 1.89 bits per heavy atom. The average Bonchev–Trinajstić information content (AvgIpc) is 2.35. The average molecular weight is 268 g/mol. The van der Waals surface area contributed by atoms with Crippen LogP contribution in [0.1, 0.15) is 19.4 Å². The van der Waals surface area contributed by atoms with E-state index in [0.717, 1.165) is 11.0 Å². The lowest BCUT2D eigenvalue weighted by atomic mass is 10.1. The Hall–Kier alpha value is -1.17. The van der Waals surface area contributed by atoms with Gasteiger partial charge in [-0.15, -0.1) is 0 Å². The largest absolute Gasteiger partial charge is 0.326 e. The van der Waals surface area contributed by atoms with E-state index >= 15 is 0 Å². The van der Waals surface area contributed by atoms with E-state index in [1.807, 2.05) is 44.2 Å². The summed E-state index contributed by atoms with van der Waals surface area (Å²) in [5, 5.41) is 1.16. The Kier molecular flexibility index (Phi) is 5.53. The molecule has 0 amide bonds. The van der Waals surface area contributed by atoms with E-state index in [0.29, 0.717) is 0 Å². The lowest BCUT2D eigenvalue weighted by Crippen LogP contribution is -2.39.